The molecule has 1 atom stereocenters. The quantitative estimate of drug-likeness (QED) is 0.573. The van der Waals surface area contributed by atoms with Crippen molar-refractivity contribution in [2.24, 2.45) is 0 Å². The summed E-state index contributed by atoms with van der Waals surface area (Å²) >= 11 is 5.78. The van der Waals surface area contributed by atoms with Crippen LogP contribution in [0.25, 0.3) is 0 Å². The summed E-state index contributed by atoms with van der Waals surface area (Å²) in [5.74, 6) is -1.52. The van der Waals surface area contributed by atoms with E-state index in [4.69, 9.17) is 22.1 Å². The van der Waals surface area contributed by atoms with E-state index in [1.807, 2.05) is 0 Å². The first-order valence-corrected chi connectivity index (χ1v) is 7.67. The van der Waals surface area contributed by atoms with E-state index in [2.05, 4.69) is 10.6 Å². The van der Waals surface area contributed by atoms with Gasteiger partial charge in [0.25, 0.3) is 5.91 Å². The van der Waals surface area contributed by atoms with Crippen molar-refractivity contribution in [3.63, 3.8) is 0 Å². The molecule has 130 valence electrons. The second kappa shape index (κ2) is 8.16. The van der Waals surface area contributed by atoms with Gasteiger partial charge in [-0.05, 0) is 37.3 Å². The minimum Gasteiger partial charge on any atom is -0.449 e. The van der Waals surface area contributed by atoms with Crippen LogP contribution in [0.4, 0.5) is 16.2 Å². The number of amides is 3. The molecule has 0 heterocycles. The number of benzene rings is 2. The highest BCUT2D eigenvalue weighted by molar-refractivity contribution is 6.33. The van der Waals surface area contributed by atoms with Gasteiger partial charge in [-0.15, -0.1) is 0 Å². The predicted molar refractivity (Wildman–Crippen MR) is 94.3 cm³/mol. The Morgan fingerprint density at radius 3 is 2.44 bits per heavy atom. The highest BCUT2D eigenvalue weighted by Gasteiger charge is 2.21. The molecule has 0 spiro atoms. The zero-order valence-electron chi connectivity index (χ0n) is 13.3. The summed E-state index contributed by atoms with van der Waals surface area (Å²) in [5, 5.41) is 4.88. The number of nitrogens with one attached hydrogen (secondary N) is 2. The third-order valence-electron chi connectivity index (χ3n) is 3.15. The molecule has 0 unspecified atom stereocenters. The smallest absolute Gasteiger partial charge is 0.338 e. The summed E-state index contributed by atoms with van der Waals surface area (Å²) in [4.78, 5) is 35.7. The Balaban J connectivity index is 1.89. The van der Waals surface area contributed by atoms with Gasteiger partial charge in [-0.25, -0.2) is 9.59 Å². The van der Waals surface area contributed by atoms with E-state index in [0.717, 1.165) is 0 Å². The van der Waals surface area contributed by atoms with Gasteiger partial charge >= 0.3 is 12.0 Å². The molecule has 0 aliphatic heterocycles. The van der Waals surface area contributed by atoms with Crippen molar-refractivity contribution >= 4 is 40.9 Å². The Hall–Kier alpha value is -3.06. The maximum absolute atomic E-state index is 12.0. The fourth-order valence-corrected chi connectivity index (χ4v) is 1.97. The molecule has 0 saturated carbocycles. The number of imide groups is 1. The first-order chi connectivity index (χ1) is 11.9. The van der Waals surface area contributed by atoms with Crippen LogP contribution in [0.5, 0.6) is 0 Å². The molecule has 2 rings (SSSR count). The topological polar surface area (TPSA) is 111 Å². The standard InChI is InChI=1S/C17H16ClN3O4/c1-10(25-16(23)11-7-8-13(18)14(19)9-11)15(22)21-17(24)20-12-5-3-2-4-6-12/h2-10H,19H2,1H3,(H2,20,21,22,24)/t10-/m0/s1. The Morgan fingerprint density at radius 1 is 1.12 bits per heavy atom. The Labute approximate surface area is 149 Å². The first-order valence-electron chi connectivity index (χ1n) is 7.29. The Morgan fingerprint density at radius 2 is 1.80 bits per heavy atom. The molecule has 25 heavy (non-hydrogen) atoms. The number of carbonyl (C=O) groups is 3. The number of hydrogen-bond donors (Lipinski definition) is 3. The number of urea groups is 1. The van der Waals surface area contributed by atoms with E-state index in [0.29, 0.717) is 10.7 Å². The molecule has 0 fully saturated rings. The van der Waals surface area contributed by atoms with Gasteiger partial charge in [-0.1, -0.05) is 29.8 Å². The molecule has 4 N–H and O–H groups in total. The number of anilines is 2. The number of rotatable bonds is 4. The molecule has 0 aliphatic rings. The summed E-state index contributed by atoms with van der Waals surface area (Å²) in [5.41, 5.74) is 6.51. The number of halogens is 1. The van der Waals surface area contributed by atoms with Gasteiger partial charge in [0.1, 0.15) is 0 Å². The number of esters is 1. The molecule has 0 aromatic heterocycles. The van der Waals surface area contributed by atoms with E-state index < -0.39 is 24.0 Å². The summed E-state index contributed by atoms with van der Waals surface area (Å²) in [6.45, 7) is 1.35. The molecule has 0 bridgehead atoms. The van der Waals surface area contributed by atoms with Gasteiger partial charge in [0, 0.05) is 5.69 Å². The van der Waals surface area contributed by atoms with Crippen molar-refractivity contribution in [1.29, 1.82) is 0 Å². The second-order valence-corrected chi connectivity index (χ2v) is 5.50. The van der Waals surface area contributed by atoms with Gasteiger partial charge in [-0.2, -0.15) is 0 Å². The third-order valence-corrected chi connectivity index (χ3v) is 3.50. The fourth-order valence-electron chi connectivity index (χ4n) is 1.85. The first kappa shape index (κ1) is 18.3. The van der Waals surface area contributed by atoms with Crippen LogP contribution in [0, 0.1) is 0 Å². The predicted octanol–water partition coefficient (Wildman–Crippen LogP) is 2.82. The summed E-state index contributed by atoms with van der Waals surface area (Å²) in [6, 6.07) is 12.1. The Bertz CT molecular complexity index is 796. The summed E-state index contributed by atoms with van der Waals surface area (Å²) < 4.78 is 5.01. The lowest BCUT2D eigenvalue weighted by molar-refractivity contribution is -0.127. The lowest BCUT2D eigenvalue weighted by atomic mass is 10.2. The summed E-state index contributed by atoms with van der Waals surface area (Å²) in [7, 11) is 0. The molecule has 0 saturated heterocycles. The lowest BCUT2D eigenvalue weighted by Crippen LogP contribution is -2.41. The van der Waals surface area contributed by atoms with Crippen LogP contribution < -0.4 is 16.4 Å². The lowest BCUT2D eigenvalue weighted by Gasteiger charge is -2.13. The van der Waals surface area contributed by atoms with Gasteiger partial charge < -0.3 is 15.8 Å². The maximum Gasteiger partial charge on any atom is 0.338 e. The van der Waals surface area contributed by atoms with Gasteiger partial charge in [0.2, 0.25) is 0 Å². The number of ether oxygens (including phenoxy) is 1. The van der Waals surface area contributed by atoms with Crippen LogP contribution in [0.1, 0.15) is 17.3 Å². The van der Waals surface area contributed by atoms with Crippen molar-refractivity contribution in [3.05, 3.63) is 59.1 Å². The number of nitrogen functional groups attached to an aromatic ring is 1. The number of carbonyl (C=O) groups excluding carboxylic acids is 3. The van der Waals surface area contributed by atoms with E-state index in [1.54, 1.807) is 30.3 Å². The van der Waals surface area contributed by atoms with Crippen molar-refractivity contribution in [2.75, 3.05) is 11.1 Å². The normalized spacial score (nSPS) is 11.3. The largest absolute Gasteiger partial charge is 0.449 e. The van der Waals surface area contributed by atoms with Crippen molar-refractivity contribution in [1.82, 2.24) is 5.32 Å². The van der Waals surface area contributed by atoms with Crippen molar-refractivity contribution in [3.8, 4) is 0 Å². The zero-order valence-corrected chi connectivity index (χ0v) is 14.0. The van der Waals surface area contributed by atoms with E-state index in [-0.39, 0.29) is 11.3 Å². The fraction of sp³-hybridized carbons (Fsp3) is 0.118. The average molecular weight is 362 g/mol. The number of nitrogens with two attached hydrogens (primary N) is 1. The molecule has 2 aromatic carbocycles. The highest BCUT2D eigenvalue weighted by Crippen LogP contribution is 2.20. The molecule has 8 heteroatoms. The van der Waals surface area contributed by atoms with Crippen LogP contribution in [0.2, 0.25) is 5.02 Å². The molecule has 2 aromatic rings. The minimum atomic E-state index is -1.18. The van der Waals surface area contributed by atoms with E-state index >= 15 is 0 Å². The Kier molecular flexibility index (Phi) is 5.97. The SMILES string of the molecule is C[C@H](OC(=O)c1ccc(Cl)c(N)c1)C(=O)NC(=O)Nc1ccccc1. The van der Waals surface area contributed by atoms with Crippen LogP contribution in [0.15, 0.2) is 48.5 Å². The minimum absolute atomic E-state index is 0.148. The third kappa shape index (κ3) is 5.22. The molecule has 7 nitrogen and oxygen atoms in total. The monoisotopic (exact) mass is 361 g/mol. The molecular weight excluding hydrogens is 346 g/mol. The molecular formula is C17H16ClN3O4. The highest BCUT2D eigenvalue weighted by atomic mass is 35.5. The van der Waals surface area contributed by atoms with Crippen LogP contribution >= 0.6 is 11.6 Å². The average Bonchev–Trinajstić information content (AvgIpc) is 2.57. The molecule has 3 amide bonds. The van der Waals surface area contributed by atoms with Crippen molar-refractivity contribution in [2.45, 2.75) is 13.0 Å². The summed E-state index contributed by atoms with van der Waals surface area (Å²) in [6.07, 6.45) is -1.18. The van der Waals surface area contributed by atoms with Crippen molar-refractivity contribution < 1.29 is 19.1 Å². The van der Waals surface area contributed by atoms with E-state index in [1.165, 1.54) is 25.1 Å². The van der Waals surface area contributed by atoms with Gasteiger partial charge in [0.15, 0.2) is 6.10 Å². The zero-order chi connectivity index (χ0) is 18.4. The van der Waals surface area contributed by atoms with E-state index in [9.17, 15) is 14.4 Å². The number of para-hydroxylation sites is 1. The van der Waals surface area contributed by atoms with Crippen LogP contribution in [-0.2, 0) is 9.53 Å². The second-order valence-electron chi connectivity index (χ2n) is 5.09. The van der Waals surface area contributed by atoms with Crippen LogP contribution in [0.3, 0.4) is 0 Å². The molecule has 0 aliphatic carbocycles. The van der Waals surface area contributed by atoms with Gasteiger partial charge in [0.05, 0.1) is 16.3 Å². The maximum atomic E-state index is 12.0. The molecule has 0 radical (unpaired) electrons. The van der Waals surface area contributed by atoms with Crippen LogP contribution in [-0.4, -0.2) is 24.0 Å². The van der Waals surface area contributed by atoms with Gasteiger partial charge in [-0.3, -0.25) is 10.1 Å². The number of hydrogen-bond acceptors (Lipinski definition) is 5.